The number of guanidine groups is 1. The minimum atomic E-state index is -0.0976. The van der Waals surface area contributed by atoms with Crippen molar-refractivity contribution in [1.82, 2.24) is 10.3 Å². The number of pyridine rings is 1. The summed E-state index contributed by atoms with van der Waals surface area (Å²) < 4.78 is 0. The molecule has 0 fully saturated rings. The van der Waals surface area contributed by atoms with Crippen molar-refractivity contribution in [3.63, 3.8) is 0 Å². The normalized spacial score (nSPS) is 11.3. The SMILES string of the molecule is CCCCCCN=C(N)NCCC(=O)Nc1ccc(C)cn1. The van der Waals surface area contributed by atoms with E-state index in [0.29, 0.717) is 24.7 Å². The quantitative estimate of drug-likeness (QED) is 0.370. The highest BCUT2D eigenvalue weighted by Gasteiger charge is 2.03. The molecule has 1 aromatic rings. The van der Waals surface area contributed by atoms with Crippen molar-refractivity contribution in [2.75, 3.05) is 18.4 Å². The van der Waals surface area contributed by atoms with Crippen LogP contribution in [-0.4, -0.2) is 29.9 Å². The van der Waals surface area contributed by atoms with Crippen molar-refractivity contribution in [2.24, 2.45) is 10.7 Å². The number of nitrogens with two attached hydrogens (primary N) is 1. The molecule has 6 heteroatoms. The van der Waals surface area contributed by atoms with Crippen LogP contribution in [0.15, 0.2) is 23.3 Å². The van der Waals surface area contributed by atoms with Crippen molar-refractivity contribution in [2.45, 2.75) is 46.0 Å². The second kappa shape index (κ2) is 10.6. The number of carbonyl (C=O) groups excluding carboxylic acids is 1. The lowest BCUT2D eigenvalue weighted by Crippen LogP contribution is -2.34. The molecule has 0 spiro atoms. The molecule has 0 radical (unpaired) electrons. The van der Waals surface area contributed by atoms with E-state index in [0.717, 1.165) is 18.5 Å². The summed E-state index contributed by atoms with van der Waals surface area (Å²) in [5.74, 6) is 0.866. The Morgan fingerprint density at radius 2 is 2.14 bits per heavy atom. The minimum Gasteiger partial charge on any atom is -0.370 e. The van der Waals surface area contributed by atoms with Gasteiger partial charge in [-0.15, -0.1) is 0 Å². The molecule has 1 heterocycles. The maximum atomic E-state index is 11.7. The van der Waals surface area contributed by atoms with Gasteiger partial charge in [0.25, 0.3) is 0 Å². The maximum absolute atomic E-state index is 11.7. The Kier molecular flexibility index (Phi) is 8.64. The van der Waals surface area contributed by atoms with Crippen LogP contribution in [0.1, 0.15) is 44.6 Å². The third-order valence-corrected chi connectivity index (χ3v) is 3.13. The predicted molar refractivity (Wildman–Crippen MR) is 90.9 cm³/mol. The molecule has 6 nitrogen and oxygen atoms in total. The molecule has 0 aliphatic carbocycles. The Morgan fingerprint density at radius 1 is 1.32 bits per heavy atom. The standard InChI is InChI=1S/C16H27N5O/c1-3-4-5-6-10-18-16(17)19-11-9-15(22)21-14-8-7-13(2)12-20-14/h7-8,12H,3-6,9-11H2,1-2H3,(H3,17,18,19)(H,20,21,22). The van der Waals surface area contributed by atoms with Crippen molar-refractivity contribution in [3.8, 4) is 0 Å². The monoisotopic (exact) mass is 305 g/mol. The van der Waals surface area contributed by atoms with Crippen molar-refractivity contribution in [3.05, 3.63) is 23.9 Å². The van der Waals surface area contributed by atoms with Crippen LogP contribution >= 0.6 is 0 Å². The number of unbranched alkanes of at least 4 members (excludes halogenated alkanes) is 3. The maximum Gasteiger partial charge on any atom is 0.227 e. The second-order valence-corrected chi connectivity index (χ2v) is 5.27. The first kappa shape index (κ1) is 17.9. The zero-order valence-corrected chi connectivity index (χ0v) is 13.6. The fraction of sp³-hybridized carbons (Fsp3) is 0.562. The van der Waals surface area contributed by atoms with E-state index in [2.05, 4.69) is 27.5 Å². The number of nitrogens with one attached hydrogen (secondary N) is 2. The molecule has 0 saturated heterocycles. The second-order valence-electron chi connectivity index (χ2n) is 5.27. The molecular formula is C16H27N5O. The Balaban J connectivity index is 2.16. The van der Waals surface area contributed by atoms with Gasteiger partial charge in [-0.1, -0.05) is 32.3 Å². The molecule has 0 atom stereocenters. The lowest BCUT2D eigenvalue weighted by Gasteiger charge is -2.07. The average Bonchev–Trinajstić information content (AvgIpc) is 2.49. The van der Waals surface area contributed by atoms with E-state index in [4.69, 9.17) is 5.73 Å². The molecule has 1 rings (SSSR count). The van der Waals surface area contributed by atoms with Crippen LogP contribution in [0.5, 0.6) is 0 Å². The number of carbonyl (C=O) groups is 1. The zero-order chi connectivity index (χ0) is 16.2. The summed E-state index contributed by atoms with van der Waals surface area (Å²) in [5, 5.41) is 5.68. The van der Waals surface area contributed by atoms with E-state index in [-0.39, 0.29) is 5.91 Å². The fourth-order valence-electron chi connectivity index (χ4n) is 1.85. The van der Waals surface area contributed by atoms with Gasteiger partial charge in [0.2, 0.25) is 5.91 Å². The third kappa shape index (κ3) is 8.24. The Hall–Kier alpha value is -2.11. The number of aromatic nitrogens is 1. The van der Waals surface area contributed by atoms with E-state index in [1.54, 1.807) is 12.3 Å². The topological polar surface area (TPSA) is 92.4 Å². The molecule has 0 saturated carbocycles. The summed E-state index contributed by atoms with van der Waals surface area (Å²) >= 11 is 0. The van der Waals surface area contributed by atoms with Crippen LogP contribution in [0.4, 0.5) is 5.82 Å². The largest absolute Gasteiger partial charge is 0.370 e. The number of aryl methyl sites for hydroxylation is 1. The summed E-state index contributed by atoms with van der Waals surface area (Å²) in [6.07, 6.45) is 6.71. The van der Waals surface area contributed by atoms with Crippen LogP contribution in [-0.2, 0) is 4.79 Å². The fourth-order valence-corrected chi connectivity index (χ4v) is 1.85. The van der Waals surface area contributed by atoms with Gasteiger partial charge in [-0.3, -0.25) is 9.79 Å². The summed E-state index contributed by atoms with van der Waals surface area (Å²) in [5.41, 5.74) is 6.80. The molecule has 0 unspecified atom stereocenters. The van der Waals surface area contributed by atoms with Crippen LogP contribution in [0.3, 0.4) is 0 Å². The van der Waals surface area contributed by atoms with Crippen LogP contribution in [0, 0.1) is 6.92 Å². The Morgan fingerprint density at radius 3 is 2.82 bits per heavy atom. The number of rotatable bonds is 9. The number of hydrogen-bond acceptors (Lipinski definition) is 3. The highest BCUT2D eigenvalue weighted by atomic mass is 16.1. The molecule has 22 heavy (non-hydrogen) atoms. The molecule has 1 aromatic heterocycles. The summed E-state index contributed by atoms with van der Waals surface area (Å²) in [6, 6.07) is 3.69. The molecule has 0 aliphatic heterocycles. The molecule has 0 bridgehead atoms. The molecule has 122 valence electrons. The highest BCUT2D eigenvalue weighted by molar-refractivity contribution is 5.90. The number of hydrogen-bond donors (Lipinski definition) is 3. The zero-order valence-electron chi connectivity index (χ0n) is 13.6. The number of anilines is 1. The number of amides is 1. The molecule has 0 aromatic carbocycles. The van der Waals surface area contributed by atoms with Gasteiger partial charge in [0.15, 0.2) is 5.96 Å². The van der Waals surface area contributed by atoms with E-state index in [1.807, 2.05) is 13.0 Å². The first-order valence-corrected chi connectivity index (χ1v) is 7.88. The van der Waals surface area contributed by atoms with Crippen molar-refractivity contribution < 1.29 is 4.79 Å². The Labute approximate surface area is 132 Å². The number of nitrogens with zero attached hydrogens (tertiary/aromatic N) is 2. The van der Waals surface area contributed by atoms with E-state index < -0.39 is 0 Å². The lowest BCUT2D eigenvalue weighted by atomic mass is 10.2. The van der Waals surface area contributed by atoms with Gasteiger partial charge in [-0.05, 0) is 25.0 Å². The van der Waals surface area contributed by atoms with Gasteiger partial charge in [0, 0.05) is 25.7 Å². The van der Waals surface area contributed by atoms with Crippen molar-refractivity contribution >= 4 is 17.7 Å². The molecule has 0 aliphatic rings. The predicted octanol–water partition coefficient (Wildman–Crippen LogP) is 2.20. The van der Waals surface area contributed by atoms with Crippen molar-refractivity contribution in [1.29, 1.82) is 0 Å². The summed E-state index contributed by atoms with van der Waals surface area (Å²) in [6.45, 7) is 5.32. The van der Waals surface area contributed by atoms with E-state index in [1.165, 1.54) is 19.3 Å². The smallest absolute Gasteiger partial charge is 0.227 e. The lowest BCUT2D eigenvalue weighted by molar-refractivity contribution is -0.116. The van der Waals surface area contributed by atoms with Gasteiger partial charge in [-0.2, -0.15) is 0 Å². The Bertz CT molecular complexity index is 470. The van der Waals surface area contributed by atoms with Gasteiger partial charge in [-0.25, -0.2) is 4.98 Å². The third-order valence-electron chi connectivity index (χ3n) is 3.13. The van der Waals surface area contributed by atoms with Crippen LogP contribution < -0.4 is 16.4 Å². The van der Waals surface area contributed by atoms with Gasteiger partial charge >= 0.3 is 0 Å². The summed E-state index contributed by atoms with van der Waals surface area (Å²) in [7, 11) is 0. The molecule has 1 amide bonds. The highest BCUT2D eigenvalue weighted by Crippen LogP contribution is 2.03. The van der Waals surface area contributed by atoms with Crippen LogP contribution in [0.25, 0.3) is 0 Å². The minimum absolute atomic E-state index is 0.0976. The van der Waals surface area contributed by atoms with Gasteiger partial charge in [0.05, 0.1) is 0 Å². The molecule has 4 N–H and O–H groups in total. The number of aliphatic imine (C=N–C) groups is 1. The van der Waals surface area contributed by atoms with E-state index >= 15 is 0 Å². The van der Waals surface area contributed by atoms with Crippen LogP contribution in [0.2, 0.25) is 0 Å². The van der Waals surface area contributed by atoms with Gasteiger partial charge in [0.1, 0.15) is 5.82 Å². The van der Waals surface area contributed by atoms with E-state index in [9.17, 15) is 4.79 Å². The summed E-state index contributed by atoms with van der Waals surface area (Å²) in [4.78, 5) is 20.1. The van der Waals surface area contributed by atoms with Gasteiger partial charge < -0.3 is 16.4 Å². The first-order valence-electron chi connectivity index (χ1n) is 7.88. The average molecular weight is 305 g/mol. The first-order chi connectivity index (χ1) is 10.6. The molecular weight excluding hydrogens is 278 g/mol.